The van der Waals surface area contributed by atoms with Gasteiger partial charge in [-0.2, -0.15) is 0 Å². The largest absolute Gasteiger partial charge is 0.480 e. The van der Waals surface area contributed by atoms with Crippen LogP contribution in [0.25, 0.3) is 10.6 Å². The lowest BCUT2D eigenvalue weighted by atomic mass is 10.2. The molecule has 1 heterocycles. The van der Waals surface area contributed by atoms with E-state index < -0.39 is 4.92 Å². The van der Waals surface area contributed by atoms with Crippen LogP contribution < -0.4 is 4.74 Å². The second-order valence-electron chi connectivity index (χ2n) is 5.03. The molecule has 3 rings (SSSR count). The second-order valence-corrected chi connectivity index (χ2v) is 5.89. The molecule has 0 saturated heterocycles. The van der Waals surface area contributed by atoms with E-state index in [0.29, 0.717) is 0 Å². The van der Waals surface area contributed by atoms with Crippen LogP contribution in [0.3, 0.4) is 0 Å². The Balaban J connectivity index is 1.75. The van der Waals surface area contributed by atoms with Crippen molar-refractivity contribution < 1.29 is 9.66 Å². The van der Waals surface area contributed by atoms with Crippen LogP contribution >= 0.6 is 11.3 Å². The van der Waals surface area contributed by atoms with Gasteiger partial charge in [0.2, 0.25) is 0 Å². The highest BCUT2D eigenvalue weighted by Gasteiger charge is 2.15. The third-order valence-corrected chi connectivity index (χ3v) is 4.20. The van der Waals surface area contributed by atoms with Crippen LogP contribution in [0.15, 0.2) is 53.9 Å². The summed E-state index contributed by atoms with van der Waals surface area (Å²) in [5.74, 6) is 0.259. The maximum absolute atomic E-state index is 11.1. The molecule has 0 aliphatic heterocycles. The molecule has 0 aliphatic carbocycles. The number of thiazole rings is 1. The number of ether oxygens (including phenoxy) is 1. The van der Waals surface area contributed by atoms with E-state index in [-0.39, 0.29) is 18.0 Å². The smallest absolute Gasteiger partial charge is 0.311 e. The average Bonchev–Trinajstić information content (AvgIpc) is 3.03. The zero-order valence-electron chi connectivity index (χ0n) is 12.4. The highest BCUT2D eigenvalue weighted by Crippen LogP contribution is 2.29. The Kier molecular flexibility index (Phi) is 4.34. The summed E-state index contributed by atoms with van der Waals surface area (Å²) < 4.78 is 5.59. The number of rotatable bonds is 5. The van der Waals surface area contributed by atoms with Crippen LogP contribution in [0.4, 0.5) is 5.69 Å². The van der Waals surface area contributed by atoms with Crippen LogP contribution in [0.5, 0.6) is 5.75 Å². The van der Waals surface area contributed by atoms with Gasteiger partial charge < -0.3 is 4.74 Å². The monoisotopic (exact) mass is 326 g/mol. The molecule has 2 aromatic carbocycles. The highest BCUT2D eigenvalue weighted by atomic mass is 32.1. The molecule has 1 aromatic heterocycles. The fraction of sp³-hybridized carbons (Fsp3) is 0.118. The fourth-order valence-corrected chi connectivity index (χ4v) is 2.94. The Morgan fingerprint density at radius 3 is 2.74 bits per heavy atom. The van der Waals surface area contributed by atoms with E-state index in [9.17, 15) is 10.1 Å². The molecule has 0 unspecified atom stereocenters. The molecule has 0 saturated carbocycles. The first-order valence-corrected chi connectivity index (χ1v) is 7.89. The molecule has 116 valence electrons. The van der Waals surface area contributed by atoms with Crippen molar-refractivity contribution in [2.45, 2.75) is 13.5 Å². The van der Waals surface area contributed by atoms with Crippen LogP contribution in [0.2, 0.25) is 0 Å². The van der Waals surface area contributed by atoms with E-state index in [1.807, 2.05) is 42.6 Å². The number of nitro groups is 1. The van der Waals surface area contributed by atoms with Gasteiger partial charge in [-0.05, 0) is 18.6 Å². The summed E-state index contributed by atoms with van der Waals surface area (Å²) in [6.07, 6.45) is 0. The van der Waals surface area contributed by atoms with Crippen molar-refractivity contribution in [3.8, 4) is 16.3 Å². The van der Waals surface area contributed by atoms with Crippen molar-refractivity contribution in [3.63, 3.8) is 0 Å². The number of nitro benzene ring substituents is 1. The fourth-order valence-electron chi connectivity index (χ4n) is 2.13. The normalized spacial score (nSPS) is 10.5. The third kappa shape index (κ3) is 3.54. The van der Waals surface area contributed by atoms with Gasteiger partial charge in [0.15, 0.2) is 5.75 Å². The Hall–Kier alpha value is -2.73. The van der Waals surface area contributed by atoms with Crippen LogP contribution in [-0.4, -0.2) is 9.91 Å². The zero-order valence-corrected chi connectivity index (χ0v) is 13.2. The van der Waals surface area contributed by atoms with Gasteiger partial charge in [-0.25, -0.2) is 4.98 Å². The SMILES string of the molecule is Cc1ccc(OCc2csc(-c3ccccc3)n2)c([N+](=O)[O-])c1. The van der Waals surface area contributed by atoms with Crippen molar-refractivity contribution in [1.29, 1.82) is 0 Å². The molecule has 0 radical (unpaired) electrons. The Labute approximate surface area is 137 Å². The standard InChI is InChI=1S/C17H14N2O3S/c1-12-7-8-16(15(9-12)19(20)21)22-10-14-11-23-17(18-14)13-5-3-2-4-6-13/h2-9,11H,10H2,1H3. The molecule has 5 nitrogen and oxygen atoms in total. The molecule has 0 bridgehead atoms. The minimum atomic E-state index is -0.432. The molecule has 0 amide bonds. The number of nitrogens with zero attached hydrogens (tertiary/aromatic N) is 2. The minimum absolute atomic E-state index is 0.0245. The summed E-state index contributed by atoms with van der Waals surface area (Å²) in [6, 6.07) is 14.8. The van der Waals surface area contributed by atoms with E-state index in [1.165, 1.54) is 17.4 Å². The number of aromatic nitrogens is 1. The first-order valence-electron chi connectivity index (χ1n) is 7.01. The molecule has 0 atom stereocenters. The summed E-state index contributed by atoms with van der Waals surface area (Å²) in [4.78, 5) is 15.2. The molecule has 0 aliphatic rings. The number of hydrogen-bond acceptors (Lipinski definition) is 5. The van der Waals surface area contributed by atoms with Crippen molar-refractivity contribution in [1.82, 2.24) is 4.98 Å². The lowest BCUT2D eigenvalue weighted by molar-refractivity contribution is -0.386. The van der Waals surface area contributed by atoms with Crippen molar-refractivity contribution >= 4 is 17.0 Å². The molecule has 0 spiro atoms. The summed E-state index contributed by atoms with van der Waals surface area (Å²) in [5.41, 5.74) is 2.60. The summed E-state index contributed by atoms with van der Waals surface area (Å²) in [6.45, 7) is 2.01. The second kappa shape index (κ2) is 6.58. The van der Waals surface area contributed by atoms with Gasteiger partial charge in [-0.15, -0.1) is 11.3 Å². The van der Waals surface area contributed by atoms with E-state index in [2.05, 4.69) is 4.98 Å². The van der Waals surface area contributed by atoms with Crippen LogP contribution in [-0.2, 0) is 6.61 Å². The average molecular weight is 326 g/mol. The van der Waals surface area contributed by atoms with Gasteiger partial charge in [-0.1, -0.05) is 36.4 Å². The van der Waals surface area contributed by atoms with Crippen molar-refractivity contribution in [3.05, 3.63) is 75.3 Å². The molecule has 0 N–H and O–H groups in total. The minimum Gasteiger partial charge on any atom is -0.480 e. The predicted octanol–water partition coefficient (Wildman–Crippen LogP) is 4.61. The van der Waals surface area contributed by atoms with Crippen molar-refractivity contribution in [2.24, 2.45) is 0 Å². The molecular weight excluding hydrogens is 312 g/mol. The van der Waals surface area contributed by atoms with E-state index in [1.54, 1.807) is 12.1 Å². The first kappa shape index (κ1) is 15.2. The zero-order chi connectivity index (χ0) is 16.2. The van der Waals surface area contributed by atoms with Gasteiger partial charge >= 0.3 is 5.69 Å². The molecular formula is C17H14N2O3S. The topological polar surface area (TPSA) is 65.3 Å². The summed E-state index contributed by atoms with van der Waals surface area (Å²) >= 11 is 1.53. The third-order valence-electron chi connectivity index (χ3n) is 3.26. The van der Waals surface area contributed by atoms with Gasteiger partial charge in [-0.3, -0.25) is 10.1 Å². The Morgan fingerprint density at radius 1 is 1.22 bits per heavy atom. The number of hydrogen-bond donors (Lipinski definition) is 0. The first-order chi connectivity index (χ1) is 11.1. The van der Waals surface area contributed by atoms with Gasteiger partial charge in [0.05, 0.1) is 10.6 Å². The Bertz CT molecular complexity index is 831. The van der Waals surface area contributed by atoms with Gasteiger partial charge in [0.25, 0.3) is 0 Å². The lowest BCUT2D eigenvalue weighted by Gasteiger charge is -2.05. The highest BCUT2D eigenvalue weighted by molar-refractivity contribution is 7.13. The molecule has 23 heavy (non-hydrogen) atoms. The van der Waals surface area contributed by atoms with Crippen molar-refractivity contribution in [2.75, 3.05) is 0 Å². The lowest BCUT2D eigenvalue weighted by Crippen LogP contribution is -1.99. The van der Waals surface area contributed by atoms with E-state index in [4.69, 9.17) is 4.74 Å². The van der Waals surface area contributed by atoms with Crippen LogP contribution in [0, 0.1) is 17.0 Å². The van der Waals surface area contributed by atoms with Crippen LogP contribution in [0.1, 0.15) is 11.3 Å². The number of benzene rings is 2. The summed E-state index contributed by atoms with van der Waals surface area (Å²) in [7, 11) is 0. The number of aryl methyl sites for hydroxylation is 1. The quantitative estimate of drug-likeness (QED) is 0.507. The molecule has 6 heteroatoms. The molecule has 3 aromatic rings. The van der Waals surface area contributed by atoms with Gasteiger partial charge in [0.1, 0.15) is 11.6 Å². The maximum Gasteiger partial charge on any atom is 0.311 e. The van der Waals surface area contributed by atoms with E-state index in [0.717, 1.165) is 21.8 Å². The Morgan fingerprint density at radius 2 is 2.00 bits per heavy atom. The van der Waals surface area contributed by atoms with E-state index >= 15 is 0 Å². The molecule has 0 fully saturated rings. The summed E-state index contributed by atoms with van der Waals surface area (Å²) in [5, 5.41) is 13.9. The van der Waals surface area contributed by atoms with Gasteiger partial charge in [0, 0.05) is 17.0 Å². The predicted molar refractivity (Wildman–Crippen MR) is 89.7 cm³/mol. The maximum atomic E-state index is 11.1.